The van der Waals surface area contributed by atoms with Crippen molar-refractivity contribution < 1.29 is 42.9 Å². The maximum atomic E-state index is 14.3. The summed E-state index contributed by atoms with van der Waals surface area (Å²) in [6.45, 7) is 7.44. The lowest BCUT2D eigenvalue weighted by Crippen LogP contribution is -2.71. The van der Waals surface area contributed by atoms with Crippen molar-refractivity contribution in [1.29, 1.82) is 0 Å². The summed E-state index contributed by atoms with van der Waals surface area (Å²) >= 11 is 0. The van der Waals surface area contributed by atoms with E-state index in [4.69, 9.17) is 23.4 Å². The first-order valence-electron chi connectivity index (χ1n) is 12.2. The van der Waals surface area contributed by atoms with Crippen molar-refractivity contribution in [1.82, 2.24) is 0 Å². The number of hydrogen-bond donors (Lipinski definition) is 1. The van der Waals surface area contributed by atoms with Crippen LogP contribution in [0.5, 0.6) is 0 Å². The molecule has 0 aromatic carbocycles. The van der Waals surface area contributed by atoms with Gasteiger partial charge in [-0.25, -0.2) is 4.79 Å². The second kappa shape index (κ2) is 6.00. The van der Waals surface area contributed by atoms with Gasteiger partial charge in [0, 0.05) is 16.6 Å². The molecule has 5 heterocycles. The molecule has 0 bridgehead atoms. The van der Waals surface area contributed by atoms with Gasteiger partial charge in [0.05, 0.1) is 41.5 Å². The number of esters is 2. The largest absolute Gasteiger partial charge is 0.504 e. The van der Waals surface area contributed by atoms with Crippen LogP contribution in [-0.2, 0) is 33.3 Å². The Labute approximate surface area is 201 Å². The van der Waals surface area contributed by atoms with E-state index >= 15 is 0 Å². The molecule has 8 atom stereocenters. The Balaban J connectivity index is 1.47. The predicted molar refractivity (Wildman–Crippen MR) is 116 cm³/mol. The molecule has 9 nitrogen and oxygen atoms in total. The predicted octanol–water partition coefficient (Wildman–Crippen LogP) is 2.94. The number of furan rings is 1. The van der Waals surface area contributed by atoms with Gasteiger partial charge in [0.1, 0.15) is 18.3 Å². The topological polar surface area (TPSA) is 125 Å². The van der Waals surface area contributed by atoms with E-state index in [-0.39, 0.29) is 30.7 Å². The fraction of sp³-hybridized carbons (Fsp3) is 0.654. The maximum Gasteiger partial charge on any atom is 0.339 e. The third-order valence-corrected chi connectivity index (χ3v) is 10.2. The lowest BCUT2D eigenvalue weighted by Gasteiger charge is -2.63. The number of hydrogen-bond acceptors (Lipinski definition) is 9. The number of aliphatic hydroxyl groups is 1. The smallest absolute Gasteiger partial charge is 0.339 e. The van der Waals surface area contributed by atoms with E-state index < -0.39 is 57.5 Å². The summed E-state index contributed by atoms with van der Waals surface area (Å²) < 4.78 is 29.4. The summed E-state index contributed by atoms with van der Waals surface area (Å²) in [5.74, 6) is -2.07. The molecule has 0 amide bonds. The zero-order valence-corrected chi connectivity index (χ0v) is 20.1. The Morgan fingerprint density at radius 1 is 1.06 bits per heavy atom. The van der Waals surface area contributed by atoms with Crippen LogP contribution in [0, 0.1) is 22.2 Å². The van der Waals surface area contributed by atoms with Crippen molar-refractivity contribution in [3.8, 4) is 0 Å². The molecular weight excluding hydrogens is 456 g/mol. The van der Waals surface area contributed by atoms with Crippen molar-refractivity contribution in [3.05, 3.63) is 35.5 Å². The van der Waals surface area contributed by atoms with Gasteiger partial charge in [-0.2, -0.15) is 0 Å². The second-order valence-electron chi connectivity index (χ2n) is 11.9. The molecule has 186 valence electrons. The van der Waals surface area contributed by atoms with Gasteiger partial charge in [0.25, 0.3) is 0 Å². The highest BCUT2D eigenvalue weighted by Crippen LogP contribution is 2.79. The summed E-state index contributed by atoms with van der Waals surface area (Å²) in [6, 6.07) is 1.76. The standard InChI is InChI=1S/C26H28O9/c1-22(2)17-16(28)18(29)24(4)13(25(17)11-32-15(27)9-14(25)34-22)5-7-23(3)19(12-6-8-31-10-12)33-21(30)20-26(23,24)35-20/h6,8,10,13-14,19-20,28H,5,7,9,11H2,1-4H3. The molecule has 1 aromatic rings. The molecule has 9 heteroatoms. The molecule has 8 unspecified atom stereocenters. The van der Waals surface area contributed by atoms with E-state index in [2.05, 4.69) is 0 Å². The highest BCUT2D eigenvalue weighted by molar-refractivity contribution is 6.03. The van der Waals surface area contributed by atoms with Gasteiger partial charge in [-0.15, -0.1) is 0 Å². The third kappa shape index (κ3) is 2.07. The van der Waals surface area contributed by atoms with Crippen LogP contribution in [-0.4, -0.2) is 52.8 Å². The number of Topliss-reactive ketones (excluding diaryl/α,β-unsaturated/α-hetero) is 1. The number of ketones is 1. The molecule has 0 radical (unpaired) electrons. The van der Waals surface area contributed by atoms with Gasteiger partial charge in [-0.1, -0.05) is 6.92 Å². The minimum atomic E-state index is -1.27. The Kier molecular flexibility index (Phi) is 3.71. The first-order valence-corrected chi connectivity index (χ1v) is 12.2. The van der Waals surface area contributed by atoms with Gasteiger partial charge < -0.3 is 28.5 Å². The summed E-state index contributed by atoms with van der Waals surface area (Å²) in [4.78, 5) is 39.7. The van der Waals surface area contributed by atoms with Crippen LogP contribution < -0.4 is 0 Å². The van der Waals surface area contributed by atoms with Crippen LogP contribution >= 0.6 is 0 Å². The zero-order valence-electron chi connectivity index (χ0n) is 20.1. The fourth-order valence-electron chi connectivity index (χ4n) is 8.96. The van der Waals surface area contributed by atoms with E-state index in [1.54, 1.807) is 12.3 Å². The monoisotopic (exact) mass is 484 g/mol. The van der Waals surface area contributed by atoms with Crippen LogP contribution in [0.1, 0.15) is 58.6 Å². The quantitative estimate of drug-likeness (QED) is 0.473. The molecule has 4 aliphatic heterocycles. The van der Waals surface area contributed by atoms with Gasteiger partial charge >= 0.3 is 11.9 Å². The Hall–Kier alpha value is -2.65. The van der Waals surface area contributed by atoms with Crippen LogP contribution in [0.3, 0.4) is 0 Å². The molecule has 7 rings (SSSR count). The average Bonchev–Trinajstić information content (AvgIpc) is 3.26. The number of carbonyl (C=O) groups is 3. The highest BCUT2D eigenvalue weighted by Gasteiger charge is 2.90. The van der Waals surface area contributed by atoms with Crippen LogP contribution in [0.15, 0.2) is 34.3 Å². The third-order valence-electron chi connectivity index (χ3n) is 10.2. The fourth-order valence-corrected chi connectivity index (χ4v) is 8.96. The molecule has 1 N–H and O–H groups in total. The second-order valence-corrected chi connectivity index (χ2v) is 11.9. The zero-order chi connectivity index (χ0) is 24.8. The SMILES string of the molecule is CC1(C)OC2CC(=O)OCC23C1=C(O)C(=O)C1(C)C3CCC2(C)C(c3ccoc3)OC(=O)C3OC321. The van der Waals surface area contributed by atoms with Crippen molar-refractivity contribution in [2.24, 2.45) is 22.2 Å². The molecule has 1 aromatic heterocycles. The van der Waals surface area contributed by atoms with Crippen molar-refractivity contribution in [2.75, 3.05) is 6.61 Å². The van der Waals surface area contributed by atoms with Crippen molar-refractivity contribution in [2.45, 2.75) is 76.5 Å². The number of ether oxygens (including phenoxy) is 4. The van der Waals surface area contributed by atoms with Gasteiger partial charge in [-0.3, -0.25) is 9.59 Å². The molecule has 4 saturated heterocycles. The van der Waals surface area contributed by atoms with Crippen LogP contribution in [0.4, 0.5) is 0 Å². The Morgan fingerprint density at radius 3 is 2.54 bits per heavy atom. The normalized spacial score (nSPS) is 49.2. The summed E-state index contributed by atoms with van der Waals surface area (Å²) in [5.41, 5.74) is -3.85. The average molecular weight is 485 g/mol. The maximum absolute atomic E-state index is 14.3. The number of fused-ring (bicyclic) bond motifs is 1. The molecular formula is C26H28O9. The summed E-state index contributed by atoms with van der Waals surface area (Å²) in [5, 5.41) is 11.5. The van der Waals surface area contributed by atoms with E-state index in [1.807, 2.05) is 27.7 Å². The van der Waals surface area contributed by atoms with Gasteiger partial charge in [0.15, 0.2) is 11.9 Å². The lowest BCUT2D eigenvalue weighted by atomic mass is 9.39. The highest BCUT2D eigenvalue weighted by atomic mass is 16.7. The number of allylic oxidation sites excluding steroid dienone is 1. The first kappa shape index (κ1) is 21.6. The number of rotatable bonds is 1. The van der Waals surface area contributed by atoms with Gasteiger partial charge in [0.2, 0.25) is 5.78 Å². The molecule has 6 aliphatic rings. The summed E-state index contributed by atoms with van der Waals surface area (Å²) in [7, 11) is 0. The minimum absolute atomic E-state index is 0.0138. The van der Waals surface area contributed by atoms with Crippen molar-refractivity contribution in [3.63, 3.8) is 0 Å². The lowest BCUT2D eigenvalue weighted by molar-refractivity contribution is -0.212. The van der Waals surface area contributed by atoms with E-state index in [0.717, 1.165) is 0 Å². The molecule has 5 fully saturated rings. The Morgan fingerprint density at radius 2 is 1.83 bits per heavy atom. The minimum Gasteiger partial charge on any atom is -0.504 e. The van der Waals surface area contributed by atoms with E-state index in [1.165, 1.54) is 6.26 Å². The number of cyclic esters (lactones) is 2. The molecule has 2 aliphatic carbocycles. The Bertz CT molecular complexity index is 1230. The van der Waals surface area contributed by atoms with Crippen LogP contribution in [0.25, 0.3) is 0 Å². The number of epoxide rings is 1. The number of aliphatic hydroxyl groups excluding tert-OH is 1. The van der Waals surface area contributed by atoms with E-state index in [0.29, 0.717) is 24.0 Å². The first-order chi connectivity index (χ1) is 16.4. The number of carbonyl (C=O) groups excluding carboxylic acids is 3. The molecule has 1 saturated carbocycles. The van der Waals surface area contributed by atoms with E-state index in [9.17, 15) is 19.5 Å². The molecule has 35 heavy (non-hydrogen) atoms. The van der Waals surface area contributed by atoms with Crippen LogP contribution in [0.2, 0.25) is 0 Å². The van der Waals surface area contributed by atoms with Gasteiger partial charge in [-0.05, 0) is 45.6 Å². The van der Waals surface area contributed by atoms with Crippen molar-refractivity contribution >= 4 is 17.7 Å². The summed E-state index contributed by atoms with van der Waals surface area (Å²) in [6.07, 6.45) is 2.15. The molecule has 2 spiro atoms.